The van der Waals surface area contributed by atoms with Crippen LogP contribution in [0.5, 0.6) is 11.5 Å². The van der Waals surface area contributed by atoms with E-state index in [9.17, 15) is 4.79 Å². The number of nitrogens with zero attached hydrogens (tertiary/aromatic N) is 4. The zero-order valence-electron chi connectivity index (χ0n) is 15.8. The summed E-state index contributed by atoms with van der Waals surface area (Å²) >= 11 is 0. The zero-order valence-corrected chi connectivity index (χ0v) is 17.4. The van der Waals surface area contributed by atoms with Gasteiger partial charge in [-0.2, -0.15) is 0 Å². The van der Waals surface area contributed by atoms with Crippen molar-refractivity contribution in [2.75, 3.05) is 18.8 Å². The molecular formula is C20H20Cl2N6O2. The number of anilines is 1. The Bertz CT molecular complexity index is 1200. The molecule has 8 nitrogen and oxygen atoms in total. The van der Waals surface area contributed by atoms with E-state index in [-0.39, 0.29) is 42.4 Å². The van der Waals surface area contributed by atoms with Gasteiger partial charge in [-0.1, -0.05) is 18.2 Å². The van der Waals surface area contributed by atoms with Gasteiger partial charge in [0.1, 0.15) is 23.3 Å². The van der Waals surface area contributed by atoms with Crippen molar-refractivity contribution in [3.8, 4) is 17.2 Å². The van der Waals surface area contributed by atoms with Crippen molar-refractivity contribution in [3.63, 3.8) is 0 Å². The van der Waals surface area contributed by atoms with Crippen LogP contribution in [0.4, 0.5) is 5.82 Å². The van der Waals surface area contributed by atoms with Gasteiger partial charge in [-0.25, -0.2) is 14.8 Å². The Balaban J connectivity index is 0.00000128. The highest BCUT2D eigenvalue weighted by Crippen LogP contribution is 2.26. The third kappa shape index (κ3) is 3.60. The van der Waals surface area contributed by atoms with Gasteiger partial charge >= 0.3 is 5.69 Å². The van der Waals surface area contributed by atoms with Crippen molar-refractivity contribution < 1.29 is 4.74 Å². The van der Waals surface area contributed by atoms with Gasteiger partial charge < -0.3 is 15.8 Å². The van der Waals surface area contributed by atoms with Crippen molar-refractivity contribution in [2.24, 2.45) is 0 Å². The second-order valence-electron chi connectivity index (χ2n) is 6.64. The summed E-state index contributed by atoms with van der Waals surface area (Å²) in [5.41, 5.74) is 7.69. The molecule has 10 heteroatoms. The first-order valence-corrected chi connectivity index (χ1v) is 9.00. The number of nitrogens with one attached hydrogen (secondary N) is 1. The van der Waals surface area contributed by atoms with Crippen LogP contribution in [0.1, 0.15) is 6.04 Å². The third-order valence-electron chi connectivity index (χ3n) is 4.88. The molecule has 156 valence electrons. The van der Waals surface area contributed by atoms with Gasteiger partial charge in [0.15, 0.2) is 11.5 Å². The number of fused-ring (bicyclic) bond motifs is 1. The quantitative estimate of drug-likeness (QED) is 0.499. The SMILES string of the molecule is Cl.Cl.Nc1ncnc2c1n(-c1ccc(Oc3ccccc3)cc1)c(=O)n2C1CNC1. The number of hydrogen-bond acceptors (Lipinski definition) is 6. The standard InChI is InChI=1S/C20H18N6O2.2ClH/c21-18-17-19(24-12-23-18)26(14-10-22-11-14)20(27)25(17)13-6-8-16(9-7-13)28-15-4-2-1-3-5-15;;/h1-9,12,14,22H,10-11H2,(H2,21,23,24);2*1H. The van der Waals surface area contributed by atoms with E-state index in [1.165, 1.54) is 6.33 Å². The lowest BCUT2D eigenvalue weighted by Gasteiger charge is -2.27. The molecule has 0 spiro atoms. The van der Waals surface area contributed by atoms with Crippen LogP contribution in [-0.2, 0) is 0 Å². The van der Waals surface area contributed by atoms with E-state index in [1.54, 1.807) is 9.13 Å². The van der Waals surface area contributed by atoms with Crippen LogP contribution in [0.3, 0.4) is 0 Å². The van der Waals surface area contributed by atoms with Gasteiger partial charge in [-0.15, -0.1) is 24.8 Å². The smallest absolute Gasteiger partial charge is 0.335 e. The summed E-state index contributed by atoms with van der Waals surface area (Å²) in [5.74, 6) is 1.70. The van der Waals surface area contributed by atoms with E-state index < -0.39 is 0 Å². The number of nitrogens with two attached hydrogens (primary N) is 1. The predicted molar refractivity (Wildman–Crippen MR) is 120 cm³/mol. The fourth-order valence-electron chi connectivity index (χ4n) is 3.38. The van der Waals surface area contributed by atoms with E-state index in [4.69, 9.17) is 10.5 Å². The number of nitrogen functional groups attached to an aromatic ring is 1. The molecule has 1 fully saturated rings. The van der Waals surface area contributed by atoms with E-state index in [0.717, 1.165) is 18.8 Å². The highest BCUT2D eigenvalue weighted by Gasteiger charge is 2.27. The van der Waals surface area contributed by atoms with Crippen molar-refractivity contribution in [3.05, 3.63) is 71.4 Å². The highest BCUT2D eigenvalue weighted by molar-refractivity contribution is 5.86. The van der Waals surface area contributed by atoms with Crippen LogP contribution < -0.4 is 21.5 Å². The number of ether oxygens (including phenoxy) is 1. The van der Waals surface area contributed by atoms with E-state index in [1.807, 2.05) is 54.6 Å². The topological polar surface area (TPSA) is 100.0 Å². The second-order valence-corrected chi connectivity index (χ2v) is 6.64. The molecule has 2 aromatic heterocycles. The van der Waals surface area contributed by atoms with Crippen molar-refractivity contribution in [1.29, 1.82) is 0 Å². The lowest BCUT2D eigenvalue weighted by atomic mass is 10.2. The first-order valence-electron chi connectivity index (χ1n) is 9.00. The molecule has 0 unspecified atom stereocenters. The molecule has 0 atom stereocenters. The number of imidazole rings is 1. The maximum absolute atomic E-state index is 13.2. The van der Waals surface area contributed by atoms with E-state index in [2.05, 4.69) is 15.3 Å². The van der Waals surface area contributed by atoms with Crippen molar-refractivity contribution >= 4 is 41.8 Å². The molecule has 4 aromatic rings. The maximum Gasteiger partial charge on any atom is 0.335 e. The van der Waals surface area contributed by atoms with Gasteiger partial charge in [-0.05, 0) is 36.4 Å². The van der Waals surface area contributed by atoms with Crippen LogP contribution in [0, 0.1) is 0 Å². The van der Waals surface area contributed by atoms with Crippen molar-refractivity contribution in [1.82, 2.24) is 24.4 Å². The van der Waals surface area contributed by atoms with Gasteiger partial charge in [0.25, 0.3) is 0 Å². The molecule has 30 heavy (non-hydrogen) atoms. The maximum atomic E-state index is 13.2. The van der Waals surface area contributed by atoms with Gasteiger partial charge in [0, 0.05) is 13.1 Å². The monoisotopic (exact) mass is 446 g/mol. The number of benzene rings is 2. The summed E-state index contributed by atoms with van der Waals surface area (Å²) in [6.45, 7) is 1.46. The number of rotatable bonds is 4. The Labute approximate surface area is 184 Å². The summed E-state index contributed by atoms with van der Waals surface area (Å²) in [6, 6.07) is 16.9. The normalized spacial score (nSPS) is 13.2. The van der Waals surface area contributed by atoms with Crippen molar-refractivity contribution in [2.45, 2.75) is 6.04 Å². The average molecular weight is 447 g/mol. The molecule has 0 bridgehead atoms. The Morgan fingerprint density at radius 3 is 2.27 bits per heavy atom. The molecule has 2 aromatic carbocycles. The molecule has 0 aliphatic carbocycles. The Kier molecular flexibility index (Phi) is 6.31. The minimum absolute atomic E-state index is 0. The van der Waals surface area contributed by atoms with Gasteiger partial charge in [0.05, 0.1) is 11.7 Å². The minimum atomic E-state index is -0.176. The molecule has 5 rings (SSSR count). The number of aromatic nitrogens is 4. The summed E-state index contributed by atoms with van der Waals surface area (Å²) < 4.78 is 9.09. The molecular weight excluding hydrogens is 427 g/mol. The largest absolute Gasteiger partial charge is 0.457 e. The van der Waals surface area contributed by atoms with Gasteiger partial charge in [-0.3, -0.25) is 9.13 Å². The lowest BCUT2D eigenvalue weighted by Crippen LogP contribution is -2.47. The molecule has 3 heterocycles. The molecule has 0 radical (unpaired) electrons. The number of halogens is 2. The fraction of sp³-hybridized carbons (Fsp3) is 0.150. The first-order chi connectivity index (χ1) is 13.7. The lowest BCUT2D eigenvalue weighted by molar-refractivity contribution is 0.341. The predicted octanol–water partition coefficient (Wildman–Crippen LogP) is 2.94. The number of para-hydroxylation sites is 1. The summed E-state index contributed by atoms with van der Waals surface area (Å²) in [7, 11) is 0. The van der Waals surface area contributed by atoms with Crippen LogP contribution in [0.25, 0.3) is 16.9 Å². The first kappa shape index (κ1) is 21.6. The zero-order chi connectivity index (χ0) is 19.1. The molecule has 1 aliphatic heterocycles. The van der Waals surface area contributed by atoms with Crippen LogP contribution >= 0.6 is 24.8 Å². The van der Waals surface area contributed by atoms with Crippen LogP contribution in [0.2, 0.25) is 0 Å². The molecule has 1 aliphatic rings. The Hall–Kier alpha value is -3.07. The Morgan fingerprint density at radius 2 is 1.63 bits per heavy atom. The average Bonchev–Trinajstić information content (AvgIpc) is 2.96. The fourth-order valence-corrected chi connectivity index (χ4v) is 3.38. The minimum Gasteiger partial charge on any atom is -0.457 e. The van der Waals surface area contributed by atoms with E-state index >= 15 is 0 Å². The molecule has 3 N–H and O–H groups in total. The van der Waals surface area contributed by atoms with Crippen LogP contribution in [-0.4, -0.2) is 32.2 Å². The summed E-state index contributed by atoms with van der Waals surface area (Å²) in [4.78, 5) is 21.6. The second kappa shape index (κ2) is 8.74. The number of hydrogen-bond donors (Lipinski definition) is 2. The molecule has 0 saturated carbocycles. The highest BCUT2D eigenvalue weighted by atomic mass is 35.5. The van der Waals surface area contributed by atoms with Gasteiger partial charge in [0.2, 0.25) is 0 Å². The van der Waals surface area contributed by atoms with Crippen LogP contribution in [0.15, 0.2) is 65.7 Å². The van der Waals surface area contributed by atoms with E-state index in [0.29, 0.717) is 22.6 Å². The third-order valence-corrected chi connectivity index (χ3v) is 4.88. The molecule has 0 amide bonds. The molecule has 1 saturated heterocycles. The summed E-state index contributed by atoms with van der Waals surface area (Å²) in [6.07, 6.45) is 1.39. The summed E-state index contributed by atoms with van der Waals surface area (Å²) in [5, 5.41) is 3.19. The Morgan fingerprint density at radius 1 is 0.967 bits per heavy atom.